The van der Waals surface area contributed by atoms with Gasteiger partial charge in [-0.2, -0.15) is 0 Å². The zero-order chi connectivity index (χ0) is 20.2. The van der Waals surface area contributed by atoms with E-state index in [4.69, 9.17) is 9.47 Å². The number of hydrazine groups is 1. The SMILES string of the molecule is CC(C)(C)OC(=O)NN(Cc1cccc2cccnc12)C(=O)OC(C)(C)C. The summed E-state index contributed by atoms with van der Waals surface area (Å²) in [6.45, 7) is 10.6. The van der Waals surface area contributed by atoms with Crippen LogP contribution in [0.3, 0.4) is 0 Å². The van der Waals surface area contributed by atoms with Crippen molar-refractivity contribution < 1.29 is 19.1 Å². The molecular formula is C20H27N3O4. The van der Waals surface area contributed by atoms with E-state index in [-0.39, 0.29) is 6.54 Å². The topological polar surface area (TPSA) is 80.8 Å². The van der Waals surface area contributed by atoms with Gasteiger partial charge in [-0.3, -0.25) is 4.98 Å². The van der Waals surface area contributed by atoms with E-state index >= 15 is 0 Å². The molecule has 0 unspecified atom stereocenters. The lowest BCUT2D eigenvalue weighted by Gasteiger charge is -2.29. The molecule has 7 nitrogen and oxygen atoms in total. The summed E-state index contributed by atoms with van der Waals surface area (Å²) in [6, 6.07) is 9.44. The quantitative estimate of drug-likeness (QED) is 0.789. The first kappa shape index (κ1) is 20.5. The van der Waals surface area contributed by atoms with E-state index in [1.807, 2.05) is 30.3 Å². The molecule has 1 heterocycles. The molecule has 0 aliphatic heterocycles. The van der Waals surface area contributed by atoms with Crippen molar-refractivity contribution in [3.63, 3.8) is 0 Å². The smallest absolute Gasteiger partial charge is 0.429 e. The van der Waals surface area contributed by atoms with Crippen LogP contribution in [-0.2, 0) is 16.0 Å². The Morgan fingerprint density at radius 1 is 1.00 bits per heavy atom. The largest absolute Gasteiger partial charge is 0.443 e. The minimum absolute atomic E-state index is 0.0858. The Kier molecular flexibility index (Phi) is 5.93. The normalized spacial score (nSPS) is 11.8. The summed E-state index contributed by atoms with van der Waals surface area (Å²) >= 11 is 0. The molecule has 0 bridgehead atoms. The maximum absolute atomic E-state index is 12.6. The number of amides is 2. The summed E-state index contributed by atoms with van der Waals surface area (Å²) in [5.41, 5.74) is 2.61. The van der Waals surface area contributed by atoms with Crippen LogP contribution in [0.4, 0.5) is 9.59 Å². The minimum atomic E-state index is -0.735. The third-order valence-electron chi connectivity index (χ3n) is 3.28. The van der Waals surface area contributed by atoms with Crippen LogP contribution in [0.1, 0.15) is 47.1 Å². The Hall–Kier alpha value is -2.83. The average molecular weight is 373 g/mol. The standard InChI is InChI=1S/C20H27N3O4/c1-19(2,3)26-17(24)22-23(18(25)27-20(4,5)6)13-15-10-7-9-14-11-8-12-21-16(14)15/h7-12H,13H2,1-6H3,(H,22,24). The number of benzene rings is 1. The predicted octanol–water partition coefficient (Wildman–Crippen LogP) is 4.41. The summed E-state index contributed by atoms with van der Waals surface area (Å²) in [4.78, 5) is 29.2. The fourth-order valence-corrected chi connectivity index (χ4v) is 2.34. The lowest BCUT2D eigenvalue weighted by atomic mass is 10.1. The highest BCUT2D eigenvalue weighted by molar-refractivity contribution is 5.82. The van der Waals surface area contributed by atoms with Gasteiger partial charge in [0.1, 0.15) is 11.2 Å². The zero-order valence-corrected chi connectivity index (χ0v) is 16.7. The second kappa shape index (κ2) is 7.82. The van der Waals surface area contributed by atoms with Crippen molar-refractivity contribution >= 4 is 23.1 Å². The van der Waals surface area contributed by atoms with Crippen molar-refractivity contribution in [2.75, 3.05) is 0 Å². The molecule has 0 atom stereocenters. The van der Waals surface area contributed by atoms with Gasteiger partial charge in [-0.15, -0.1) is 0 Å². The van der Waals surface area contributed by atoms with Crippen molar-refractivity contribution in [2.45, 2.75) is 59.3 Å². The molecule has 0 spiro atoms. The molecule has 0 radical (unpaired) electrons. The highest BCUT2D eigenvalue weighted by atomic mass is 16.6. The molecule has 1 aromatic heterocycles. The molecule has 1 aromatic carbocycles. The number of carbonyl (C=O) groups is 2. The van der Waals surface area contributed by atoms with Gasteiger partial charge in [0, 0.05) is 17.1 Å². The monoisotopic (exact) mass is 373 g/mol. The summed E-state index contributed by atoms with van der Waals surface area (Å²) in [7, 11) is 0. The molecule has 2 amide bonds. The molecule has 0 aliphatic rings. The van der Waals surface area contributed by atoms with E-state index in [9.17, 15) is 9.59 Å². The summed E-state index contributed by atoms with van der Waals surface area (Å²) in [6.07, 6.45) is 0.271. The van der Waals surface area contributed by atoms with Crippen molar-refractivity contribution in [1.29, 1.82) is 0 Å². The number of aromatic nitrogens is 1. The van der Waals surface area contributed by atoms with Crippen LogP contribution in [0.15, 0.2) is 36.5 Å². The number of fused-ring (bicyclic) bond motifs is 1. The van der Waals surface area contributed by atoms with Crippen molar-refractivity contribution in [1.82, 2.24) is 15.4 Å². The van der Waals surface area contributed by atoms with Crippen molar-refractivity contribution in [3.05, 3.63) is 42.1 Å². The van der Waals surface area contributed by atoms with Crippen LogP contribution in [0.2, 0.25) is 0 Å². The molecule has 0 saturated carbocycles. The van der Waals surface area contributed by atoms with Crippen LogP contribution < -0.4 is 5.43 Å². The van der Waals surface area contributed by atoms with Gasteiger partial charge >= 0.3 is 12.2 Å². The number of nitrogens with one attached hydrogen (secondary N) is 1. The first-order chi connectivity index (χ1) is 12.4. The van der Waals surface area contributed by atoms with E-state index in [1.54, 1.807) is 47.7 Å². The van der Waals surface area contributed by atoms with E-state index < -0.39 is 23.4 Å². The Balaban J connectivity index is 2.28. The van der Waals surface area contributed by atoms with E-state index in [2.05, 4.69) is 10.4 Å². The minimum Gasteiger partial charge on any atom is -0.443 e. The number of pyridine rings is 1. The van der Waals surface area contributed by atoms with Crippen molar-refractivity contribution in [3.8, 4) is 0 Å². The maximum atomic E-state index is 12.6. The van der Waals surface area contributed by atoms with Gasteiger partial charge in [0.25, 0.3) is 0 Å². The van der Waals surface area contributed by atoms with Crippen LogP contribution in [-0.4, -0.2) is 33.4 Å². The summed E-state index contributed by atoms with van der Waals surface area (Å²) < 4.78 is 10.7. The molecule has 7 heteroatoms. The highest BCUT2D eigenvalue weighted by Gasteiger charge is 2.26. The average Bonchev–Trinajstić information content (AvgIpc) is 2.51. The second-order valence-electron chi connectivity index (χ2n) is 8.17. The number of para-hydroxylation sites is 1. The summed E-state index contributed by atoms with van der Waals surface area (Å²) in [5, 5.41) is 2.04. The number of ether oxygens (including phenoxy) is 2. The van der Waals surface area contributed by atoms with Gasteiger partial charge in [0.05, 0.1) is 12.1 Å². The second-order valence-corrected chi connectivity index (χ2v) is 8.17. The third-order valence-corrected chi connectivity index (χ3v) is 3.28. The van der Waals surface area contributed by atoms with E-state index in [1.165, 1.54) is 0 Å². The molecule has 2 rings (SSSR count). The Labute approximate surface area is 159 Å². The highest BCUT2D eigenvalue weighted by Crippen LogP contribution is 2.19. The van der Waals surface area contributed by atoms with Gasteiger partial charge in [0.15, 0.2) is 0 Å². The fourth-order valence-electron chi connectivity index (χ4n) is 2.34. The number of rotatable bonds is 2. The van der Waals surface area contributed by atoms with Crippen LogP contribution in [0.5, 0.6) is 0 Å². The number of hydrogen-bond acceptors (Lipinski definition) is 5. The van der Waals surface area contributed by atoms with Crippen LogP contribution in [0, 0.1) is 0 Å². The van der Waals surface area contributed by atoms with Gasteiger partial charge in [-0.1, -0.05) is 24.3 Å². The van der Waals surface area contributed by atoms with Gasteiger partial charge in [0.2, 0.25) is 0 Å². The number of hydrogen-bond donors (Lipinski definition) is 1. The molecule has 146 valence electrons. The molecule has 2 aromatic rings. The van der Waals surface area contributed by atoms with Crippen molar-refractivity contribution in [2.24, 2.45) is 0 Å². The van der Waals surface area contributed by atoms with Gasteiger partial charge in [-0.05, 0) is 47.6 Å². The summed E-state index contributed by atoms with van der Waals surface area (Å²) in [5.74, 6) is 0. The van der Waals surface area contributed by atoms with Crippen LogP contribution >= 0.6 is 0 Å². The molecule has 0 aliphatic carbocycles. The first-order valence-corrected chi connectivity index (χ1v) is 8.77. The fraction of sp³-hybridized carbons (Fsp3) is 0.450. The molecular weight excluding hydrogens is 346 g/mol. The molecule has 0 fully saturated rings. The third kappa shape index (κ3) is 6.44. The van der Waals surface area contributed by atoms with Crippen LogP contribution in [0.25, 0.3) is 10.9 Å². The van der Waals surface area contributed by atoms with Gasteiger partial charge in [-0.25, -0.2) is 20.0 Å². The Morgan fingerprint density at radius 2 is 1.63 bits per heavy atom. The molecule has 0 saturated heterocycles. The molecule has 27 heavy (non-hydrogen) atoms. The predicted molar refractivity (Wildman–Crippen MR) is 103 cm³/mol. The Bertz CT molecular complexity index is 817. The zero-order valence-electron chi connectivity index (χ0n) is 16.7. The van der Waals surface area contributed by atoms with E-state index in [0.717, 1.165) is 21.5 Å². The lowest BCUT2D eigenvalue weighted by Crippen LogP contribution is -2.49. The van der Waals surface area contributed by atoms with Gasteiger partial charge < -0.3 is 9.47 Å². The lowest BCUT2D eigenvalue weighted by molar-refractivity contribution is -0.000574. The Morgan fingerprint density at radius 3 is 2.26 bits per heavy atom. The maximum Gasteiger partial charge on any atom is 0.429 e. The first-order valence-electron chi connectivity index (χ1n) is 8.77. The number of carbonyl (C=O) groups excluding carboxylic acids is 2. The molecule has 1 N–H and O–H groups in total. The number of nitrogens with zero attached hydrogens (tertiary/aromatic N) is 2. The van der Waals surface area contributed by atoms with E-state index in [0.29, 0.717) is 0 Å².